The van der Waals surface area contributed by atoms with E-state index in [2.05, 4.69) is 6.92 Å². The number of rotatable bonds is 13. The van der Waals surface area contributed by atoms with Crippen LogP contribution in [0.15, 0.2) is 72.8 Å². The molecule has 272 valence electrons. The summed E-state index contributed by atoms with van der Waals surface area (Å²) in [5, 5.41) is 0. The highest BCUT2D eigenvalue weighted by Crippen LogP contribution is 2.34. The number of hydrogen-bond donors (Lipinski definition) is 0. The lowest BCUT2D eigenvalue weighted by Crippen LogP contribution is -2.63. The van der Waals surface area contributed by atoms with E-state index in [1.807, 2.05) is 54.6 Å². The topological polar surface area (TPSA) is 153 Å². The summed E-state index contributed by atoms with van der Waals surface area (Å²) in [4.78, 5) is 63.1. The van der Waals surface area contributed by atoms with Gasteiger partial charge in [0.15, 0.2) is 12.2 Å². The van der Waals surface area contributed by atoms with Crippen molar-refractivity contribution in [2.75, 3.05) is 18.6 Å². The first-order valence-electron chi connectivity index (χ1n) is 16.5. The molecule has 1 saturated heterocycles. The Bertz CT molecular complexity index is 1680. The smallest absolute Gasteiger partial charge is 0.414 e. The highest BCUT2D eigenvalue weighted by molar-refractivity contribution is 5.87. The number of carbonyl (C=O) groups is 5. The van der Waals surface area contributed by atoms with Crippen LogP contribution >= 0.6 is 0 Å². The first kappa shape index (κ1) is 38.4. The van der Waals surface area contributed by atoms with E-state index in [0.717, 1.165) is 38.3 Å². The number of benzene rings is 3. The average Bonchev–Trinajstić information content (AvgIpc) is 3.09. The van der Waals surface area contributed by atoms with Gasteiger partial charge in [-0.15, -0.1) is 0 Å². The molecule has 0 aromatic heterocycles. The maximum atomic E-state index is 13.1. The fraction of sp³-hybridized carbons (Fsp3) is 0.395. The van der Waals surface area contributed by atoms with Gasteiger partial charge in [-0.05, 0) is 34.7 Å². The zero-order chi connectivity index (χ0) is 37.1. The molecule has 0 saturated carbocycles. The van der Waals surface area contributed by atoms with Gasteiger partial charge in [-0.1, -0.05) is 67.6 Å². The van der Waals surface area contributed by atoms with Crippen LogP contribution in [0.4, 0.5) is 10.5 Å². The Labute approximate surface area is 296 Å². The molecule has 5 atom stereocenters. The summed E-state index contributed by atoms with van der Waals surface area (Å²) in [6.07, 6.45) is -6.24. The van der Waals surface area contributed by atoms with E-state index in [-0.39, 0.29) is 12.4 Å². The minimum atomic E-state index is -1.47. The molecular formula is C38H43NO12. The van der Waals surface area contributed by atoms with Gasteiger partial charge in [-0.25, -0.2) is 4.79 Å². The molecule has 1 unspecified atom stereocenters. The van der Waals surface area contributed by atoms with E-state index < -0.39 is 67.3 Å². The third-order valence-corrected chi connectivity index (χ3v) is 7.93. The summed E-state index contributed by atoms with van der Waals surface area (Å²) < 4.78 is 40.0. The van der Waals surface area contributed by atoms with Crippen molar-refractivity contribution < 1.29 is 57.1 Å². The van der Waals surface area contributed by atoms with Gasteiger partial charge < -0.3 is 33.2 Å². The molecule has 13 heteroatoms. The second kappa shape index (κ2) is 18.0. The lowest BCUT2D eigenvalue weighted by atomic mass is 9.97. The van der Waals surface area contributed by atoms with Crippen LogP contribution < -0.4 is 9.64 Å². The molecule has 0 aliphatic carbocycles. The second-order valence-corrected chi connectivity index (χ2v) is 11.9. The molecule has 0 bridgehead atoms. The molecule has 1 aliphatic heterocycles. The van der Waals surface area contributed by atoms with E-state index in [1.165, 1.54) is 17.4 Å². The normalized spacial score (nSPS) is 19.6. The van der Waals surface area contributed by atoms with Gasteiger partial charge in [0.1, 0.15) is 25.1 Å². The van der Waals surface area contributed by atoms with Gasteiger partial charge in [-0.2, -0.15) is 0 Å². The fourth-order valence-corrected chi connectivity index (χ4v) is 5.45. The van der Waals surface area contributed by atoms with E-state index in [9.17, 15) is 24.0 Å². The van der Waals surface area contributed by atoms with E-state index in [1.54, 1.807) is 25.2 Å². The van der Waals surface area contributed by atoms with Crippen LogP contribution in [0.2, 0.25) is 0 Å². The third-order valence-electron chi connectivity index (χ3n) is 7.93. The van der Waals surface area contributed by atoms with Crippen LogP contribution in [0.3, 0.4) is 0 Å². The van der Waals surface area contributed by atoms with Gasteiger partial charge >= 0.3 is 30.0 Å². The van der Waals surface area contributed by atoms with Crippen molar-refractivity contribution in [3.05, 3.63) is 95.1 Å². The molecule has 3 aromatic carbocycles. The minimum absolute atomic E-state index is 0.0595. The Morgan fingerprint density at radius 2 is 1.29 bits per heavy atom. The molecule has 0 radical (unpaired) electrons. The zero-order valence-electron chi connectivity index (χ0n) is 29.5. The van der Waals surface area contributed by atoms with Crippen LogP contribution in [-0.2, 0) is 67.0 Å². The van der Waals surface area contributed by atoms with Gasteiger partial charge in [0.2, 0.25) is 12.4 Å². The van der Waals surface area contributed by atoms with Crippen molar-refractivity contribution in [3.63, 3.8) is 0 Å². The average molecular weight is 706 g/mol. The Hall–Kier alpha value is -5.43. The summed E-state index contributed by atoms with van der Waals surface area (Å²) in [5.74, 6) is -2.69. The molecule has 0 N–H and O–H groups in total. The molecule has 1 heterocycles. The van der Waals surface area contributed by atoms with Crippen molar-refractivity contribution in [3.8, 4) is 5.75 Å². The Kier molecular flexibility index (Phi) is 13.5. The SMILES string of the molecule is CCc1ccc(Cc2ccc(N(C)C(=O)OCc3ccccc3)cc2OC2O[C@H](COC(C)=O)[C@@H](OC(C)=O)[C@H](OC(C)=O)[C@H]2OC(C)=O)cc1. The van der Waals surface area contributed by atoms with Crippen molar-refractivity contribution in [1.29, 1.82) is 0 Å². The first-order valence-corrected chi connectivity index (χ1v) is 16.5. The fourth-order valence-electron chi connectivity index (χ4n) is 5.45. The summed E-state index contributed by atoms with van der Waals surface area (Å²) >= 11 is 0. The monoisotopic (exact) mass is 705 g/mol. The molecule has 1 amide bonds. The Balaban J connectivity index is 1.74. The highest BCUT2D eigenvalue weighted by atomic mass is 16.7. The van der Waals surface area contributed by atoms with Crippen LogP contribution in [0.25, 0.3) is 0 Å². The van der Waals surface area contributed by atoms with Gasteiger partial charge in [0, 0.05) is 47.2 Å². The maximum Gasteiger partial charge on any atom is 0.414 e. The Morgan fingerprint density at radius 1 is 0.686 bits per heavy atom. The lowest BCUT2D eigenvalue weighted by molar-refractivity contribution is -0.288. The molecule has 4 rings (SSSR count). The number of nitrogens with zero attached hydrogens (tertiary/aromatic N) is 1. The van der Waals surface area contributed by atoms with Crippen LogP contribution in [-0.4, -0.2) is 74.3 Å². The Morgan fingerprint density at radius 3 is 1.90 bits per heavy atom. The van der Waals surface area contributed by atoms with Gasteiger partial charge in [0.25, 0.3) is 0 Å². The summed E-state index contributed by atoms with van der Waals surface area (Å²) in [5.41, 5.74) is 4.01. The van der Waals surface area contributed by atoms with Crippen molar-refractivity contribution in [2.45, 2.75) is 84.8 Å². The molecule has 3 aromatic rings. The zero-order valence-corrected chi connectivity index (χ0v) is 29.5. The number of ether oxygens (including phenoxy) is 7. The highest BCUT2D eigenvalue weighted by Gasteiger charge is 2.53. The van der Waals surface area contributed by atoms with Crippen LogP contribution in [0.5, 0.6) is 5.75 Å². The number of amides is 1. The summed E-state index contributed by atoms with van der Waals surface area (Å²) in [6, 6.07) is 22.4. The van der Waals surface area contributed by atoms with E-state index in [4.69, 9.17) is 33.2 Å². The number of aryl methyl sites for hydroxylation is 1. The van der Waals surface area contributed by atoms with E-state index >= 15 is 0 Å². The van der Waals surface area contributed by atoms with E-state index in [0.29, 0.717) is 17.7 Å². The summed E-state index contributed by atoms with van der Waals surface area (Å²) in [7, 11) is 1.55. The molecule has 51 heavy (non-hydrogen) atoms. The number of hydrogen-bond acceptors (Lipinski definition) is 12. The predicted octanol–water partition coefficient (Wildman–Crippen LogP) is 5.07. The quantitative estimate of drug-likeness (QED) is 0.172. The van der Waals surface area contributed by atoms with Crippen molar-refractivity contribution in [1.82, 2.24) is 0 Å². The molecular weight excluding hydrogens is 662 g/mol. The van der Waals surface area contributed by atoms with Crippen LogP contribution in [0.1, 0.15) is 56.9 Å². The van der Waals surface area contributed by atoms with Crippen molar-refractivity contribution in [2.24, 2.45) is 0 Å². The largest absolute Gasteiger partial charge is 0.463 e. The minimum Gasteiger partial charge on any atom is -0.463 e. The number of anilines is 1. The van der Waals surface area contributed by atoms with Gasteiger partial charge in [-0.3, -0.25) is 24.1 Å². The predicted molar refractivity (Wildman–Crippen MR) is 183 cm³/mol. The number of carbonyl (C=O) groups excluding carboxylic acids is 5. The summed E-state index contributed by atoms with van der Waals surface area (Å²) in [6.45, 7) is 6.33. The second-order valence-electron chi connectivity index (χ2n) is 11.9. The molecule has 0 spiro atoms. The molecule has 1 aliphatic rings. The van der Waals surface area contributed by atoms with Crippen molar-refractivity contribution >= 4 is 35.7 Å². The maximum absolute atomic E-state index is 13.1. The standard InChI is InChI=1S/C38H43NO12/c1-7-27-13-15-28(16-14-27)19-30-17-18-31(39(6)38(44)46-21-29-11-9-8-10-12-29)20-32(30)50-37-36(49-26(5)43)35(48-25(4)42)34(47-24(3)41)33(51-37)22-45-23(2)40/h8-18,20,33-37H,7,19,21-22H2,1-6H3/t33-,34-,35+,36-,37?/m1/s1. The number of esters is 4. The molecule has 1 fully saturated rings. The first-order chi connectivity index (χ1) is 24.3. The third kappa shape index (κ3) is 11.0. The van der Waals surface area contributed by atoms with Crippen LogP contribution in [0, 0.1) is 0 Å². The van der Waals surface area contributed by atoms with Gasteiger partial charge in [0.05, 0.1) is 5.69 Å². The molecule has 13 nitrogen and oxygen atoms in total. The lowest BCUT2D eigenvalue weighted by Gasteiger charge is -2.44.